The highest BCUT2D eigenvalue weighted by molar-refractivity contribution is 9.10. The summed E-state index contributed by atoms with van der Waals surface area (Å²) in [4.78, 5) is 0. The van der Waals surface area contributed by atoms with Crippen LogP contribution in [0, 0.1) is 5.82 Å². The molecule has 1 aromatic carbocycles. The van der Waals surface area contributed by atoms with Crippen LogP contribution in [0.3, 0.4) is 0 Å². The van der Waals surface area contributed by atoms with Gasteiger partial charge in [0.25, 0.3) is 0 Å². The second-order valence-electron chi connectivity index (χ2n) is 4.99. The molecule has 1 unspecified atom stereocenters. The Morgan fingerprint density at radius 2 is 2.35 bits per heavy atom. The minimum Gasteiger partial charge on any atom is -0.379 e. The summed E-state index contributed by atoms with van der Waals surface area (Å²) in [6.07, 6.45) is 3.55. The van der Waals surface area contributed by atoms with Crippen LogP contribution >= 0.6 is 15.9 Å². The number of nitrogens with one attached hydrogen (secondary N) is 1. The highest BCUT2D eigenvalue weighted by Crippen LogP contribution is 2.16. The van der Waals surface area contributed by atoms with Crippen molar-refractivity contribution in [2.24, 2.45) is 0 Å². The number of benzene rings is 1. The van der Waals surface area contributed by atoms with Crippen molar-refractivity contribution >= 4 is 15.9 Å². The van der Waals surface area contributed by atoms with Gasteiger partial charge in [0.2, 0.25) is 0 Å². The van der Waals surface area contributed by atoms with Crippen molar-refractivity contribution in [3.05, 3.63) is 34.1 Å². The van der Waals surface area contributed by atoms with E-state index in [1.165, 1.54) is 6.07 Å². The van der Waals surface area contributed by atoms with Gasteiger partial charge in [0.05, 0.1) is 17.2 Å². The topological polar surface area (TPSA) is 30.5 Å². The first kappa shape index (κ1) is 15.9. The standard InChI is InChI=1S/C15H21BrFNO2/c16-14-9-12(4-5-15(14)17)10-18-6-2-7-19-11-13-3-1-8-20-13/h4-5,9,13,18H,1-3,6-8,10-11H2. The van der Waals surface area contributed by atoms with Crippen LogP contribution in [-0.4, -0.2) is 32.5 Å². The van der Waals surface area contributed by atoms with E-state index in [-0.39, 0.29) is 5.82 Å². The predicted molar refractivity (Wildman–Crippen MR) is 80.2 cm³/mol. The second kappa shape index (κ2) is 8.72. The maximum absolute atomic E-state index is 13.1. The van der Waals surface area contributed by atoms with Gasteiger partial charge >= 0.3 is 0 Å². The lowest BCUT2D eigenvalue weighted by Gasteiger charge is -2.10. The lowest BCUT2D eigenvalue weighted by atomic mass is 10.2. The molecule has 0 radical (unpaired) electrons. The molecule has 1 atom stereocenters. The first-order chi connectivity index (χ1) is 9.75. The lowest BCUT2D eigenvalue weighted by molar-refractivity contribution is 0.0166. The summed E-state index contributed by atoms with van der Waals surface area (Å²) in [7, 11) is 0. The molecule has 1 N–H and O–H groups in total. The van der Waals surface area contributed by atoms with E-state index in [1.807, 2.05) is 0 Å². The Morgan fingerprint density at radius 3 is 3.10 bits per heavy atom. The summed E-state index contributed by atoms with van der Waals surface area (Å²) < 4.78 is 24.6. The molecule has 1 aliphatic rings. The average Bonchev–Trinajstić information content (AvgIpc) is 2.95. The Labute approximate surface area is 128 Å². The van der Waals surface area contributed by atoms with Crippen molar-refractivity contribution < 1.29 is 13.9 Å². The number of hydrogen-bond acceptors (Lipinski definition) is 3. The molecule has 1 fully saturated rings. The molecular formula is C15H21BrFNO2. The Hall–Kier alpha value is -0.490. The molecular weight excluding hydrogens is 325 g/mol. The molecule has 112 valence electrons. The summed E-state index contributed by atoms with van der Waals surface area (Å²) in [6, 6.07) is 5.07. The molecule has 1 heterocycles. The molecule has 0 aliphatic carbocycles. The van der Waals surface area contributed by atoms with Gasteiger partial charge in [0, 0.05) is 19.8 Å². The predicted octanol–water partition coefficient (Wildman–Crippen LogP) is 3.26. The van der Waals surface area contributed by atoms with E-state index in [4.69, 9.17) is 9.47 Å². The summed E-state index contributed by atoms with van der Waals surface area (Å²) in [5, 5.41) is 3.32. The molecule has 2 rings (SSSR count). The number of rotatable bonds is 8. The minimum atomic E-state index is -0.226. The van der Waals surface area contributed by atoms with E-state index in [0.717, 1.165) is 51.1 Å². The number of hydrogen-bond donors (Lipinski definition) is 1. The van der Waals surface area contributed by atoms with E-state index in [2.05, 4.69) is 21.2 Å². The highest BCUT2D eigenvalue weighted by atomic mass is 79.9. The second-order valence-corrected chi connectivity index (χ2v) is 5.84. The summed E-state index contributed by atoms with van der Waals surface area (Å²) in [5.74, 6) is -0.226. The molecule has 1 aromatic rings. The van der Waals surface area contributed by atoms with Crippen LogP contribution in [0.25, 0.3) is 0 Å². The van der Waals surface area contributed by atoms with Gasteiger partial charge in [-0.05, 0) is 59.4 Å². The normalized spacial score (nSPS) is 18.6. The maximum Gasteiger partial charge on any atom is 0.137 e. The number of halogens is 2. The largest absolute Gasteiger partial charge is 0.379 e. The first-order valence-corrected chi connectivity index (χ1v) is 7.89. The third-order valence-corrected chi connectivity index (χ3v) is 3.89. The van der Waals surface area contributed by atoms with Gasteiger partial charge in [-0.1, -0.05) is 6.07 Å². The maximum atomic E-state index is 13.1. The molecule has 1 aliphatic heterocycles. The molecule has 0 aromatic heterocycles. The van der Waals surface area contributed by atoms with Crippen LogP contribution in [0.5, 0.6) is 0 Å². The quantitative estimate of drug-likeness (QED) is 0.733. The van der Waals surface area contributed by atoms with Crippen LogP contribution in [0.1, 0.15) is 24.8 Å². The SMILES string of the molecule is Fc1ccc(CNCCCOCC2CCCO2)cc1Br. The lowest BCUT2D eigenvalue weighted by Crippen LogP contribution is -2.19. The average molecular weight is 346 g/mol. The van der Waals surface area contributed by atoms with Gasteiger partial charge in [-0.3, -0.25) is 0 Å². The Bertz CT molecular complexity index is 411. The Balaban J connectivity index is 1.49. The third-order valence-electron chi connectivity index (χ3n) is 3.28. The van der Waals surface area contributed by atoms with Gasteiger partial charge < -0.3 is 14.8 Å². The van der Waals surface area contributed by atoms with E-state index in [0.29, 0.717) is 17.2 Å². The zero-order valence-electron chi connectivity index (χ0n) is 11.5. The molecule has 3 nitrogen and oxygen atoms in total. The van der Waals surface area contributed by atoms with Crippen molar-refractivity contribution in [1.29, 1.82) is 0 Å². The van der Waals surface area contributed by atoms with Gasteiger partial charge in [-0.2, -0.15) is 0 Å². The Kier molecular flexibility index (Phi) is 6.93. The molecule has 0 saturated carbocycles. The van der Waals surface area contributed by atoms with Crippen molar-refractivity contribution in [3.63, 3.8) is 0 Å². The highest BCUT2D eigenvalue weighted by Gasteiger charge is 2.14. The van der Waals surface area contributed by atoms with Crippen molar-refractivity contribution in [3.8, 4) is 0 Å². The first-order valence-electron chi connectivity index (χ1n) is 7.09. The third kappa shape index (κ3) is 5.48. The van der Waals surface area contributed by atoms with Crippen LogP contribution in [-0.2, 0) is 16.0 Å². The zero-order valence-corrected chi connectivity index (χ0v) is 13.1. The molecule has 1 saturated heterocycles. The monoisotopic (exact) mass is 345 g/mol. The van der Waals surface area contributed by atoms with Crippen molar-refractivity contribution in [2.75, 3.05) is 26.4 Å². The molecule has 0 amide bonds. The van der Waals surface area contributed by atoms with E-state index in [1.54, 1.807) is 12.1 Å². The number of ether oxygens (including phenoxy) is 2. The van der Waals surface area contributed by atoms with Gasteiger partial charge in [-0.15, -0.1) is 0 Å². The molecule has 5 heteroatoms. The molecule has 0 spiro atoms. The van der Waals surface area contributed by atoms with Crippen molar-refractivity contribution in [1.82, 2.24) is 5.32 Å². The van der Waals surface area contributed by atoms with Crippen molar-refractivity contribution in [2.45, 2.75) is 31.9 Å². The van der Waals surface area contributed by atoms with Gasteiger partial charge in [-0.25, -0.2) is 4.39 Å². The van der Waals surface area contributed by atoms with E-state index in [9.17, 15) is 4.39 Å². The fourth-order valence-electron chi connectivity index (χ4n) is 2.17. The van der Waals surface area contributed by atoms with Crippen LogP contribution < -0.4 is 5.32 Å². The van der Waals surface area contributed by atoms with Gasteiger partial charge in [0.15, 0.2) is 0 Å². The minimum absolute atomic E-state index is 0.226. The summed E-state index contributed by atoms with van der Waals surface area (Å²) in [5.41, 5.74) is 1.07. The van der Waals surface area contributed by atoms with Crippen LogP contribution in [0.15, 0.2) is 22.7 Å². The molecule has 20 heavy (non-hydrogen) atoms. The van der Waals surface area contributed by atoms with Crippen LogP contribution in [0.2, 0.25) is 0 Å². The van der Waals surface area contributed by atoms with E-state index < -0.39 is 0 Å². The van der Waals surface area contributed by atoms with Gasteiger partial charge in [0.1, 0.15) is 5.82 Å². The Morgan fingerprint density at radius 1 is 1.45 bits per heavy atom. The summed E-state index contributed by atoms with van der Waals surface area (Å²) in [6.45, 7) is 3.97. The fraction of sp³-hybridized carbons (Fsp3) is 0.600. The summed E-state index contributed by atoms with van der Waals surface area (Å²) >= 11 is 3.19. The molecule has 0 bridgehead atoms. The smallest absolute Gasteiger partial charge is 0.137 e. The zero-order chi connectivity index (χ0) is 14.2. The fourth-order valence-corrected chi connectivity index (χ4v) is 2.60. The van der Waals surface area contributed by atoms with Crippen LogP contribution in [0.4, 0.5) is 4.39 Å². The van der Waals surface area contributed by atoms with E-state index >= 15 is 0 Å².